The minimum absolute atomic E-state index is 0.129. The van der Waals surface area contributed by atoms with Crippen LogP contribution in [0.5, 0.6) is 11.5 Å². The number of nitriles is 1. The molecule has 0 aliphatic carbocycles. The molecule has 1 atom stereocenters. The lowest BCUT2D eigenvalue weighted by molar-refractivity contribution is -0.138. The number of nitrogens with zero attached hydrogens (tertiary/aromatic N) is 3. The summed E-state index contributed by atoms with van der Waals surface area (Å²) in [6, 6.07) is 12.6. The topological polar surface area (TPSA) is 114 Å². The summed E-state index contributed by atoms with van der Waals surface area (Å²) < 4.78 is 52.1. The van der Waals surface area contributed by atoms with Crippen LogP contribution < -0.4 is 15.2 Å². The third kappa shape index (κ3) is 7.14. The molecule has 0 saturated carbocycles. The van der Waals surface area contributed by atoms with Gasteiger partial charge in [-0.05, 0) is 68.7 Å². The van der Waals surface area contributed by atoms with Crippen LogP contribution in [-0.4, -0.2) is 35.1 Å². The third-order valence-electron chi connectivity index (χ3n) is 5.07. The van der Waals surface area contributed by atoms with E-state index in [-0.39, 0.29) is 29.5 Å². The number of alkyl halides is 3. The number of aliphatic hydroxyl groups is 1. The van der Waals surface area contributed by atoms with Crippen molar-refractivity contribution >= 4 is 11.3 Å². The Morgan fingerprint density at radius 3 is 2.34 bits per heavy atom. The fourth-order valence-electron chi connectivity index (χ4n) is 3.03. The van der Waals surface area contributed by atoms with Crippen LogP contribution in [-0.2, 0) is 11.7 Å². The number of halogens is 3. The molecule has 1 heterocycles. The van der Waals surface area contributed by atoms with Gasteiger partial charge < -0.3 is 20.3 Å². The van der Waals surface area contributed by atoms with Gasteiger partial charge in [-0.15, -0.1) is 10.2 Å². The molecule has 0 aliphatic rings. The molecule has 0 bridgehead atoms. The van der Waals surface area contributed by atoms with Gasteiger partial charge in [0.1, 0.15) is 21.5 Å². The van der Waals surface area contributed by atoms with E-state index in [1.165, 1.54) is 12.1 Å². The first kappa shape index (κ1) is 26.4. The predicted molar refractivity (Wildman–Crippen MR) is 125 cm³/mol. The van der Waals surface area contributed by atoms with Gasteiger partial charge in [-0.1, -0.05) is 11.3 Å². The number of hydrogen-bond donors (Lipinski definition) is 2. The van der Waals surface area contributed by atoms with Crippen molar-refractivity contribution in [1.82, 2.24) is 10.2 Å². The van der Waals surface area contributed by atoms with Crippen molar-refractivity contribution in [3.05, 3.63) is 58.6 Å². The summed E-state index contributed by atoms with van der Waals surface area (Å²) in [4.78, 5) is 0. The molecule has 0 saturated heterocycles. The quantitative estimate of drug-likeness (QED) is 0.356. The molecule has 3 N–H and O–H groups in total. The van der Waals surface area contributed by atoms with Crippen LogP contribution in [0.1, 0.15) is 42.3 Å². The van der Waals surface area contributed by atoms with Crippen molar-refractivity contribution < 1.29 is 27.8 Å². The molecule has 186 valence electrons. The second kappa shape index (κ2) is 11.5. The fourth-order valence-corrected chi connectivity index (χ4v) is 3.92. The second-order valence-corrected chi connectivity index (χ2v) is 9.07. The molecule has 0 spiro atoms. The summed E-state index contributed by atoms with van der Waals surface area (Å²) in [5.74, 6) is 0.406. The van der Waals surface area contributed by atoms with Crippen LogP contribution in [0, 0.1) is 11.3 Å². The van der Waals surface area contributed by atoms with Gasteiger partial charge in [-0.2, -0.15) is 18.4 Å². The number of aromatic nitrogens is 2. The Bertz CT molecular complexity index is 1160. The first-order valence-electron chi connectivity index (χ1n) is 10.8. The van der Waals surface area contributed by atoms with Gasteiger partial charge in [0.15, 0.2) is 0 Å². The van der Waals surface area contributed by atoms with Gasteiger partial charge in [-0.25, -0.2) is 0 Å². The highest BCUT2D eigenvalue weighted by Gasteiger charge is 2.35. The van der Waals surface area contributed by atoms with Crippen LogP contribution in [0.3, 0.4) is 0 Å². The SMILES string of the molecule is CC(N)(CO)c1nnc(-c2ccc(OCCCCCOc3ccc(C#N)cc3)c(C(F)(F)F)c2)s1. The van der Waals surface area contributed by atoms with Crippen molar-refractivity contribution in [2.75, 3.05) is 19.8 Å². The van der Waals surface area contributed by atoms with Crippen molar-refractivity contribution in [2.24, 2.45) is 5.73 Å². The Kier molecular flexibility index (Phi) is 8.67. The molecule has 3 aromatic rings. The molecular formula is C24H25F3N4O3S. The van der Waals surface area contributed by atoms with E-state index in [0.29, 0.717) is 42.2 Å². The highest BCUT2D eigenvalue weighted by atomic mass is 32.1. The molecule has 0 fully saturated rings. The van der Waals surface area contributed by atoms with Crippen LogP contribution in [0.2, 0.25) is 0 Å². The van der Waals surface area contributed by atoms with E-state index in [4.69, 9.17) is 20.5 Å². The maximum Gasteiger partial charge on any atom is 0.419 e. The van der Waals surface area contributed by atoms with E-state index in [1.807, 2.05) is 6.07 Å². The lowest BCUT2D eigenvalue weighted by Crippen LogP contribution is -2.36. The van der Waals surface area contributed by atoms with Crippen molar-refractivity contribution in [3.63, 3.8) is 0 Å². The summed E-state index contributed by atoms with van der Waals surface area (Å²) in [6.45, 7) is 1.78. The van der Waals surface area contributed by atoms with E-state index in [1.54, 1.807) is 31.2 Å². The van der Waals surface area contributed by atoms with Gasteiger partial charge in [0.05, 0.1) is 42.6 Å². The lowest BCUT2D eigenvalue weighted by Gasteiger charge is -2.17. The van der Waals surface area contributed by atoms with Crippen LogP contribution >= 0.6 is 11.3 Å². The van der Waals surface area contributed by atoms with Crippen molar-refractivity contribution in [1.29, 1.82) is 5.26 Å². The molecular weight excluding hydrogens is 481 g/mol. The summed E-state index contributed by atoms with van der Waals surface area (Å²) >= 11 is 1.03. The molecule has 1 unspecified atom stereocenters. The van der Waals surface area contributed by atoms with Gasteiger partial charge in [0, 0.05) is 5.56 Å². The number of nitrogens with two attached hydrogens (primary N) is 1. The van der Waals surface area contributed by atoms with Gasteiger partial charge >= 0.3 is 6.18 Å². The third-order valence-corrected chi connectivity index (χ3v) is 6.32. The molecule has 1 aromatic heterocycles. The summed E-state index contributed by atoms with van der Waals surface area (Å²) in [5, 5.41) is 26.6. The van der Waals surface area contributed by atoms with Gasteiger partial charge in [0.2, 0.25) is 0 Å². The van der Waals surface area contributed by atoms with Crippen LogP contribution in [0.4, 0.5) is 13.2 Å². The fraction of sp³-hybridized carbons (Fsp3) is 0.375. The summed E-state index contributed by atoms with van der Waals surface area (Å²) in [5.41, 5.74) is 4.70. The average molecular weight is 507 g/mol. The van der Waals surface area contributed by atoms with E-state index in [0.717, 1.165) is 17.4 Å². The van der Waals surface area contributed by atoms with E-state index < -0.39 is 17.3 Å². The number of hydrogen-bond acceptors (Lipinski definition) is 8. The predicted octanol–water partition coefficient (Wildman–Crippen LogP) is 4.89. The summed E-state index contributed by atoms with van der Waals surface area (Å²) in [6.07, 6.45) is -2.62. The Morgan fingerprint density at radius 1 is 1.03 bits per heavy atom. The maximum atomic E-state index is 13.7. The second-order valence-electron chi connectivity index (χ2n) is 8.09. The monoisotopic (exact) mass is 506 g/mol. The first-order chi connectivity index (χ1) is 16.6. The van der Waals surface area contributed by atoms with E-state index >= 15 is 0 Å². The van der Waals surface area contributed by atoms with Gasteiger partial charge in [0.25, 0.3) is 0 Å². The Balaban J connectivity index is 1.54. The minimum Gasteiger partial charge on any atom is -0.494 e. The van der Waals surface area contributed by atoms with Crippen molar-refractivity contribution in [2.45, 2.75) is 37.9 Å². The summed E-state index contributed by atoms with van der Waals surface area (Å²) in [7, 11) is 0. The zero-order valence-electron chi connectivity index (χ0n) is 19.0. The molecule has 11 heteroatoms. The molecule has 7 nitrogen and oxygen atoms in total. The molecule has 35 heavy (non-hydrogen) atoms. The molecule has 0 aliphatic heterocycles. The van der Waals surface area contributed by atoms with Crippen LogP contribution in [0.15, 0.2) is 42.5 Å². The molecule has 0 radical (unpaired) electrons. The first-order valence-corrected chi connectivity index (χ1v) is 11.7. The Morgan fingerprint density at radius 2 is 1.71 bits per heavy atom. The smallest absolute Gasteiger partial charge is 0.419 e. The highest BCUT2D eigenvalue weighted by molar-refractivity contribution is 7.14. The number of rotatable bonds is 11. The average Bonchev–Trinajstić information content (AvgIpc) is 3.34. The van der Waals surface area contributed by atoms with E-state index in [2.05, 4.69) is 10.2 Å². The molecule has 2 aromatic carbocycles. The number of aliphatic hydroxyl groups excluding tert-OH is 1. The zero-order valence-corrected chi connectivity index (χ0v) is 19.8. The molecule has 3 rings (SSSR count). The van der Waals surface area contributed by atoms with Crippen molar-refractivity contribution in [3.8, 4) is 28.1 Å². The largest absolute Gasteiger partial charge is 0.494 e. The number of benzene rings is 2. The Labute approximate surface area is 204 Å². The normalized spacial score (nSPS) is 13.2. The number of unbranched alkanes of at least 4 members (excludes halogenated alkanes) is 2. The van der Waals surface area contributed by atoms with E-state index in [9.17, 15) is 18.3 Å². The Hall–Kier alpha value is -3.20. The maximum absolute atomic E-state index is 13.7. The van der Waals surface area contributed by atoms with Crippen LogP contribution in [0.25, 0.3) is 10.6 Å². The zero-order chi connectivity index (χ0) is 25.5. The standard InChI is InChI=1S/C24H25F3N4O3S/c1-23(29,15-32)22-31-30-21(35-22)17-7-10-20(19(13-17)24(25,26)27)34-12-4-2-3-11-33-18-8-5-16(14-28)6-9-18/h5-10,13,32H,2-4,11-12,15,29H2,1H3. The molecule has 0 amide bonds. The highest BCUT2D eigenvalue weighted by Crippen LogP contribution is 2.39. The number of ether oxygens (including phenoxy) is 2. The minimum atomic E-state index is -4.61. The van der Waals surface area contributed by atoms with Gasteiger partial charge in [-0.3, -0.25) is 0 Å². The lowest BCUT2D eigenvalue weighted by atomic mass is 10.1.